The lowest BCUT2D eigenvalue weighted by Gasteiger charge is -2.13. The second-order valence-corrected chi connectivity index (χ2v) is 6.71. The minimum atomic E-state index is -0.879. The zero-order valence-corrected chi connectivity index (χ0v) is 16.5. The zero-order chi connectivity index (χ0) is 21.5. The summed E-state index contributed by atoms with van der Waals surface area (Å²) in [4.78, 5) is 20.4. The number of hydrogen-bond acceptors (Lipinski definition) is 4. The number of carboxylic acid groups (broad SMARTS) is 2. The summed E-state index contributed by atoms with van der Waals surface area (Å²) in [5.74, 6) is -1.25. The summed E-state index contributed by atoms with van der Waals surface area (Å²) in [7, 11) is 0. The zero-order valence-electron chi connectivity index (χ0n) is 16.5. The van der Waals surface area contributed by atoms with Crippen LogP contribution in [-0.2, 0) is 0 Å². The Morgan fingerprint density at radius 1 is 0.714 bits per heavy atom. The third-order valence-electron chi connectivity index (χ3n) is 3.40. The van der Waals surface area contributed by atoms with Gasteiger partial charge in [-0.15, -0.1) is 0 Å². The third-order valence-corrected chi connectivity index (χ3v) is 3.40. The molecule has 0 saturated heterocycles. The number of rotatable bonds is 6. The fourth-order valence-electron chi connectivity index (χ4n) is 2.20. The maximum absolute atomic E-state index is 10.2. The molecule has 154 valence electrons. The van der Waals surface area contributed by atoms with E-state index in [1.54, 1.807) is 67.6 Å². The monoisotopic (exact) mass is 390 g/mol. The summed E-state index contributed by atoms with van der Waals surface area (Å²) < 4.78 is 0. The van der Waals surface area contributed by atoms with Crippen molar-refractivity contribution in [3.05, 3.63) is 71.8 Å². The van der Waals surface area contributed by atoms with Gasteiger partial charge in [0.25, 0.3) is 0 Å². The Morgan fingerprint density at radius 3 is 1.29 bits per heavy atom. The van der Waals surface area contributed by atoms with Gasteiger partial charge in [0.15, 0.2) is 0 Å². The Labute approximate surface area is 166 Å². The first kappa shape index (κ1) is 25.3. The van der Waals surface area contributed by atoms with E-state index in [1.165, 1.54) is 0 Å². The minimum Gasteiger partial charge on any atom is -0.478 e. The minimum absolute atomic E-state index is 0.331. The predicted octanol–water partition coefficient (Wildman–Crippen LogP) is 3.93. The van der Waals surface area contributed by atoms with Gasteiger partial charge in [-0.05, 0) is 49.9 Å². The van der Waals surface area contributed by atoms with E-state index in [1.807, 2.05) is 0 Å². The molecule has 0 aliphatic rings. The summed E-state index contributed by atoms with van der Waals surface area (Å²) in [6, 6.07) is 16.6. The second-order valence-electron chi connectivity index (χ2n) is 6.71. The van der Waals surface area contributed by atoms with E-state index >= 15 is 0 Å². The Morgan fingerprint density at radius 2 is 1.07 bits per heavy atom. The molecule has 6 nitrogen and oxygen atoms in total. The molecule has 6 heteroatoms. The van der Waals surface area contributed by atoms with Crippen molar-refractivity contribution in [1.82, 2.24) is 0 Å². The molecule has 0 aliphatic carbocycles. The molecule has 0 bridgehead atoms. The molecule has 0 amide bonds. The van der Waals surface area contributed by atoms with Crippen LogP contribution >= 0.6 is 0 Å². The van der Waals surface area contributed by atoms with E-state index in [9.17, 15) is 14.7 Å². The van der Waals surface area contributed by atoms with E-state index in [0.717, 1.165) is 6.42 Å². The van der Waals surface area contributed by atoms with Gasteiger partial charge < -0.3 is 20.4 Å². The van der Waals surface area contributed by atoms with Crippen molar-refractivity contribution < 1.29 is 30.0 Å². The van der Waals surface area contributed by atoms with Crippen LogP contribution in [0.15, 0.2) is 60.7 Å². The smallest absolute Gasteiger partial charge is 0.335 e. The van der Waals surface area contributed by atoms with E-state index in [2.05, 4.69) is 13.8 Å². The summed E-state index contributed by atoms with van der Waals surface area (Å²) in [6.07, 6.45) is 0.567. The van der Waals surface area contributed by atoms with E-state index in [4.69, 9.17) is 15.3 Å². The van der Waals surface area contributed by atoms with Gasteiger partial charge in [-0.2, -0.15) is 0 Å². The Hall–Kier alpha value is -2.70. The quantitative estimate of drug-likeness (QED) is 0.594. The molecular formula is C22H30O6. The van der Waals surface area contributed by atoms with Crippen molar-refractivity contribution in [2.75, 3.05) is 0 Å². The van der Waals surface area contributed by atoms with Crippen molar-refractivity contribution in [2.45, 2.75) is 45.8 Å². The molecule has 0 spiro atoms. The lowest BCUT2D eigenvalue weighted by Crippen LogP contribution is -2.16. The number of aromatic carboxylic acids is 2. The highest BCUT2D eigenvalue weighted by molar-refractivity contribution is 5.87. The number of benzene rings is 2. The standard InChI is InChI=1S/C8H18O2.2C7H6O2/c1-6(2)4-8(10)5-7(3)9;2*8-7(9)6-4-2-1-3-5-6/h6-10H,4-5H2,1-3H3;2*1-5H,(H,8,9)/t7-,8+;;/m1../s1. The van der Waals surface area contributed by atoms with Gasteiger partial charge in [0.2, 0.25) is 0 Å². The molecule has 2 aromatic carbocycles. The number of carboxylic acids is 2. The maximum Gasteiger partial charge on any atom is 0.335 e. The molecule has 2 rings (SSSR count). The molecule has 0 unspecified atom stereocenters. The van der Waals surface area contributed by atoms with Gasteiger partial charge in [0.05, 0.1) is 23.3 Å². The van der Waals surface area contributed by atoms with Crippen LogP contribution in [0, 0.1) is 5.92 Å². The fraction of sp³-hybridized carbons (Fsp3) is 0.364. The number of carbonyl (C=O) groups is 2. The van der Waals surface area contributed by atoms with Gasteiger partial charge in [0, 0.05) is 0 Å². The number of aliphatic hydroxyl groups is 2. The summed E-state index contributed by atoms with van der Waals surface area (Å²) in [5, 5.41) is 34.9. The van der Waals surface area contributed by atoms with Crippen molar-refractivity contribution in [1.29, 1.82) is 0 Å². The van der Waals surface area contributed by atoms with Gasteiger partial charge in [0.1, 0.15) is 0 Å². The lowest BCUT2D eigenvalue weighted by molar-refractivity contribution is 0.0686. The summed E-state index contributed by atoms with van der Waals surface area (Å²) >= 11 is 0. The first-order valence-corrected chi connectivity index (χ1v) is 9.06. The highest BCUT2D eigenvalue weighted by atomic mass is 16.4. The summed E-state index contributed by atoms with van der Waals surface area (Å²) in [6.45, 7) is 5.82. The Bertz CT molecular complexity index is 608. The SMILES string of the molecule is CC(C)C[C@H](O)C[C@@H](C)O.O=C(O)c1ccccc1.O=C(O)c1ccccc1. The van der Waals surface area contributed by atoms with E-state index in [-0.39, 0.29) is 12.2 Å². The van der Waals surface area contributed by atoms with Crippen LogP contribution in [0.2, 0.25) is 0 Å². The lowest BCUT2D eigenvalue weighted by atomic mass is 10.0. The number of aliphatic hydroxyl groups excluding tert-OH is 2. The maximum atomic E-state index is 10.2. The molecule has 0 radical (unpaired) electrons. The number of hydrogen-bond donors (Lipinski definition) is 4. The van der Waals surface area contributed by atoms with Crippen molar-refractivity contribution >= 4 is 11.9 Å². The molecule has 28 heavy (non-hydrogen) atoms. The van der Waals surface area contributed by atoms with Crippen molar-refractivity contribution in [3.8, 4) is 0 Å². The van der Waals surface area contributed by atoms with Gasteiger partial charge in [-0.25, -0.2) is 9.59 Å². The van der Waals surface area contributed by atoms with E-state index < -0.39 is 11.9 Å². The third kappa shape index (κ3) is 13.5. The molecule has 2 atom stereocenters. The molecule has 2 aromatic rings. The fourth-order valence-corrected chi connectivity index (χ4v) is 2.20. The molecule has 0 saturated carbocycles. The van der Waals surface area contributed by atoms with Gasteiger partial charge in [-0.3, -0.25) is 0 Å². The van der Waals surface area contributed by atoms with Gasteiger partial charge in [-0.1, -0.05) is 50.2 Å². The second kappa shape index (κ2) is 14.4. The van der Waals surface area contributed by atoms with Crippen LogP contribution in [0.1, 0.15) is 54.3 Å². The molecule has 0 heterocycles. The van der Waals surface area contributed by atoms with E-state index in [0.29, 0.717) is 23.5 Å². The van der Waals surface area contributed by atoms with Crippen LogP contribution in [-0.4, -0.2) is 44.6 Å². The van der Waals surface area contributed by atoms with Crippen molar-refractivity contribution in [2.24, 2.45) is 5.92 Å². The molecule has 0 aromatic heterocycles. The van der Waals surface area contributed by atoms with Crippen LogP contribution in [0.25, 0.3) is 0 Å². The van der Waals surface area contributed by atoms with Gasteiger partial charge >= 0.3 is 11.9 Å². The average Bonchev–Trinajstić information content (AvgIpc) is 2.63. The Kier molecular flexibility index (Phi) is 13.0. The largest absolute Gasteiger partial charge is 0.478 e. The van der Waals surface area contributed by atoms with Crippen LogP contribution in [0.4, 0.5) is 0 Å². The highest BCUT2D eigenvalue weighted by Gasteiger charge is 2.09. The normalized spacial score (nSPS) is 11.9. The first-order valence-electron chi connectivity index (χ1n) is 9.06. The molecule has 0 fully saturated rings. The van der Waals surface area contributed by atoms with Crippen LogP contribution < -0.4 is 0 Å². The molecule has 4 N–H and O–H groups in total. The summed E-state index contributed by atoms with van der Waals surface area (Å²) in [5.41, 5.74) is 0.662. The molecule has 0 aliphatic heterocycles. The average molecular weight is 390 g/mol. The highest BCUT2D eigenvalue weighted by Crippen LogP contribution is 2.09. The van der Waals surface area contributed by atoms with Crippen LogP contribution in [0.5, 0.6) is 0 Å². The molecular weight excluding hydrogens is 360 g/mol. The predicted molar refractivity (Wildman–Crippen MR) is 109 cm³/mol. The van der Waals surface area contributed by atoms with Crippen molar-refractivity contribution in [3.63, 3.8) is 0 Å². The topological polar surface area (TPSA) is 115 Å². The van der Waals surface area contributed by atoms with Crippen LogP contribution in [0.3, 0.4) is 0 Å². The first-order chi connectivity index (χ1) is 13.1. The Balaban J connectivity index is 0.000000391.